The molecule has 6 heteroatoms. The van der Waals surface area contributed by atoms with E-state index in [1.165, 1.54) is 12.1 Å². The van der Waals surface area contributed by atoms with E-state index in [2.05, 4.69) is 9.97 Å². The number of nitrogens with zero attached hydrogens (tertiary/aromatic N) is 3. The van der Waals surface area contributed by atoms with Crippen molar-refractivity contribution < 1.29 is 14.2 Å². The van der Waals surface area contributed by atoms with Gasteiger partial charge in [0.1, 0.15) is 23.7 Å². The number of imidazole rings is 1. The molecule has 0 atom stereocenters. The number of methoxy groups -OCH3 is 1. The molecule has 0 bridgehead atoms. The largest absolute Gasteiger partial charge is 0.496 e. The third-order valence-corrected chi connectivity index (χ3v) is 4.67. The molecule has 0 saturated heterocycles. The molecular formula is C22H20FN3O2. The van der Waals surface area contributed by atoms with E-state index in [-0.39, 0.29) is 5.82 Å². The van der Waals surface area contributed by atoms with Crippen molar-refractivity contribution in [2.24, 2.45) is 0 Å². The molecule has 28 heavy (non-hydrogen) atoms. The van der Waals surface area contributed by atoms with Crippen molar-refractivity contribution in [1.82, 2.24) is 14.5 Å². The van der Waals surface area contributed by atoms with Gasteiger partial charge in [-0.15, -0.1) is 0 Å². The van der Waals surface area contributed by atoms with E-state index < -0.39 is 5.60 Å². The van der Waals surface area contributed by atoms with Crippen LogP contribution in [0.4, 0.5) is 4.39 Å². The van der Waals surface area contributed by atoms with Crippen molar-refractivity contribution in [3.05, 3.63) is 72.3 Å². The predicted molar refractivity (Wildman–Crippen MR) is 106 cm³/mol. The maximum absolute atomic E-state index is 13.8. The lowest BCUT2D eigenvalue weighted by Gasteiger charge is -2.17. The van der Waals surface area contributed by atoms with Crippen LogP contribution < -0.4 is 4.74 Å². The predicted octanol–water partition coefficient (Wildman–Crippen LogP) is 4.46. The third kappa shape index (κ3) is 3.23. The zero-order valence-electron chi connectivity index (χ0n) is 15.8. The van der Waals surface area contributed by atoms with Gasteiger partial charge in [-0.25, -0.2) is 14.4 Å². The van der Waals surface area contributed by atoms with Gasteiger partial charge in [0.25, 0.3) is 0 Å². The highest BCUT2D eigenvalue weighted by Crippen LogP contribution is 2.30. The minimum atomic E-state index is -0.940. The lowest BCUT2D eigenvalue weighted by atomic mass is 9.98. The fourth-order valence-corrected chi connectivity index (χ4v) is 3.16. The second kappa shape index (κ2) is 6.73. The van der Waals surface area contributed by atoms with Crippen LogP contribution in [0.3, 0.4) is 0 Å². The van der Waals surface area contributed by atoms with E-state index in [9.17, 15) is 9.50 Å². The van der Waals surface area contributed by atoms with Crippen molar-refractivity contribution in [2.75, 3.05) is 7.11 Å². The molecule has 0 amide bonds. The Kier molecular flexibility index (Phi) is 4.35. The molecule has 0 aliphatic heterocycles. The molecule has 0 spiro atoms. The number of hydrogen-bond donors (Lipinski definition) is 1. The standard InChI is InChI=1S/C22H20FN3O2/c1-22(2,27)14-7-9-19-18(11-14)24-13-26(19)21-6-4-5-17(25-21)16-12-15(23)8-10-20(16)28-3/h4-13,27H,1-3H3. The van der Waals surface area contributed by atoms with Gasteiger partial charge < -0.3 is 9.84 Å². The van der Waals surface area contributed by atoms with E-state index in [0.29, 0.717) is 22.8 Å². The van der Waals surface area contributed by atoms with E-state index >= 15 is 0 Å². The van der Waals surface area contributed by atoms with E-state index in [1.807, 2.05) is 41.0 Å². The summed E-state index contributed by atoms with van der Waals surface area (Å²) in [6, 6.07) is 15.5. The van der Waals surface area contributed by atoms with Crippen molar-refractivity contribution in [3.8, 4) is 22.8 Å². The number of hydrogen-bond acceptors (Lipinski definition) is 4. The molecule has 0 saturated carbocycles. The Hall–Kier alpha value is -3.25. The molecule has 5 nitrogen and oxygen atoms in total. The first-order valence-electron chi connectivity index (χ1n) is 8.88. The molecule has 0 aliphatic rings. The Morgan fingerprint density at radius 2 is 1.89 bits per heavy atom. The zero-order chi connectivity index (χ0) is 19.9. The van der Waals surface area contributed by atoms with Crippen molar-refractivity contribution in [1.29, 1.82) is 0 Å². The molecular weight excluding hydrogens is 357 g/mol. The molecule has 2 aromatic carbocycles. The average molecular weight is 377 g/mol. The lowest BCUT2D eigenvalue weighted by Crippen LogP contribution is -2.15. The van der Waals surface area contributed by atoms with Crippen molar-refractivity contribution >= 4 is 11.0 Å². The Bertz CT molecular complexity index is 1160. The summed E-state index contributed by atoms with van der Waals surface area (Å²) in [5, 5.41) is 10.2. The Morgan fingerprint density at radius 1 is 1.07 bits per heavy atom. The van der Waals surface area contributed by atoms with Crippen LogP contribution >= 0.6 is 0 Å². The van der Waals surface area contributed by atoms with Gasteiger partial charge in [-0.05, 0) is 61.9 Å². The third-order valence-electron chi connectivity index (χ3n) is 4.67. The second-order valence-electron chi connectivity index (χ2n) is 7.10. The number of ether oxygens (including phenoxy) is 1. The first-order valence-corrected chi connectivity index (χ1v) is 8.88. The van der Waals surface area contributed by atoms with Gasteiger partial charge in [-0.1, -0.05) is 12.1 Å². The number of benzene rings is 2. The minimum absolute atomic E-state index is 0.352. The molecule has 2 aromatic heterocycles. The van der Waals surface area contributed by atoms with Gasteiger partial charge in [0, 0.05) is 5.56 Å². The summed E-state index contributed by atoms with van der Waals surface area (Å²) in [5.74, 6) is 0.855. The quantitative estimate of drug-likeness (QED) is 0.570. The first kappa shape index (κ1) is 18.1. The van der Waals surface area contributed by atoms with Crippen molar-refractivity contribution in [2.45, 2.75) is 19.4 Å². The summed E-state index contributed by atoms with van der Waals surface area (Å²) in [6.45, 7) is 3.48. The van der Waals surface area contributed by atoms with E-state index in [0.717, 1.165) is 16.6 Å². The van der Waals surface area contributed by atoms with Crippen LogP contribution in [0.2, 0.25) is 0 Å². The van der Waals surface area contributed by atoms with Crippen LogP contribution in [-0.4, -0.2) is 26.8 Å². The number of aliphatic hydroxyl groups is 1. The minimum Gasteiger partial charge on any atom is -0.496 e. The second-order valence-corrected chi connectivity index (χ2v) is 7.10. The first-order chi connectivity index (χ1) is 13.4. The molecule has 2 heterocycles. The highest BCUT2D eigenvalue weighted by molar-refractivity contribution is 5.78. The summed E-state index contributed by atoms with van der Waals surface area (Å²) in [4.78, 5) is 9.13. The molecule has 0 radical (unpaired) electrons. The number of pyridine rings is 1. The smallest absolute Gasteiger partial charge is 0.139 e. The SMILES string of the molecule is COc1ccc(F)cc1-c1cccc(-n2cnc3cc(C(C)(C)O)ccc32)n1. The highest BCUT2D eigenvalue weighted by Gasteiger charge is 2.18. The average Bonchev–Trinajstić information content (AvgIpc) is 3.10. The Balaban J connectivity index is 1.82. The summed E-state index contributed by atoms with van der Waals surface area (Å²) >= 11 is 0. The molecule has 0 aliphatic carbocycles. The molecule has 0 fully saturated rings. The molecule has 0 unspecified atom stereocenters. The maximum atomic E-state index is 13.8. The molecule has 142 valence electrons. The van der Waals surface area contributed by atoms with Gasteiger partial charge >= 0.3 is 0 Å². The zero-order valence-corrected chi connectivity index (χ0v) is 15.8. The molecule has 4 rings (SSSR count). The van der Waals surface area contributed by atoms with Crippen LogP contribution in [-0.2, 0) is 5.60 Å². The molecule has 4 aromatic rings. The monoisotopic (exact) mass is 377 g/mol. The van der Waals surface area contributed by atoms with Crippen LogP contribution in [0.5, 0.6) is 5.75 Å². The fourth-order valence-electron chi connectivity index (χ4n) is 3.16. The Morgan fingerprint density at radius 3 is 2.64 bits per heavy atom. The number of fused-ring (bicyclic) bond motifs is 1. The molecule has 1 N–H and O–H groups in total. The van der Waals surface area contributed by atoms with Gasteiger partial charge in [-0.2, -0.15) is 0 Å². The van der Waals surface area contributed by atoms with Crippen LogP contribution in [0.15, 0.2) is 60.9 Å². The summed E-state index contributed by atoms with van der Waals surface area (Å²) in [5.41, 5.74) is 2.65. The van der Waals surface area contributed by atoms with E-state index in [1.54, 1.807) is 33.4 Å². The topological polar surface area (TPSA) is 60.2 Å². The van der Waals surface area contributed by atoms with Gasteiger partial charge in [-0.3, -0.25) is 4.57 Å². The fraction of sp³-hybridized carbons (Fsp3) is 0.182. The van der Waals surface area contributed by atoms with Crippen molar-refractivity contribution in [3.63, 3.8) is 0 Å². The van der Waals surface area contributed by atoms with Gasteiger partial charge in [0.2, 0.25) is 0 Å². The number of aromatic nitrogens is 3. The summed E-state index contributed by atoms with van der Waals surface area (Å²) in [7, 11) is 1.55. The Labute approximate surface area is 162 Å². The van der Waals surface area contributed by atoms with E-state index in [4.69, 9.17) is 4.74 Å². The van der Waals surface area contributed by atoms with Gasteiger partial charge in [0.05, 0.1) is 29.4 Å². The van der Waals surface area contributed by atoms with Gasteiger partial charge in [0.15, 0.2) is 0 Å². The number of rotatable bonds is 4. The summed E-state index contributed by atoms with van der Waals surface area (Å²) in [6.07, 6.45) is 1.69. The number of halogens is 1. The van der Waals surface area contributed by atoms with Crippen LogP contribution in [0.1, 0.15) is 19.4 Å². The normalized spacial score (nSPS) is 11.8. The highest BCUT2D eigenvalue weighted by atomic mass is 19.1. The maximum Gasteiger partial charge on any atom is 0.139 e. The summed E-state index contributed by atoms with van der Waals surface area (Å²) < 4.78 is 21.0. The lowest BCUT2D eigenvalue weighted by molar-refractivity contribution is 0.0787. The van der Waals surface area contributed by atoms with Crippen LogP contribution in [0, 0.1) is 5.82 Å². The van der Waals surface area contributed by atoms with Crippen LogP contribution in [0.25, 0.3) is 28.1 Å².